The molecule has 0 radical (unpaired) electrons. The molecule has 176 valence electrons. The van der Waals surface area contributed by atoms with Crippen LogP contribution in [-0.2, 0) is 16.4 Å². The van der Waals surface area contributed by atoms with E-state index in [9.17, 15) is 18.1 Å². The van der Waals surface area contributed by atoms with Crippen molar-refractivity contribution in [3.8, 4) is 34.2 Å². The first-order valence-corrected chi connectivity index (χ1v) is 12.6. The molecule has 0 saturated heterocycles. The Kier molecular flexibility index (Phi) is 6.80. The van der Waals surface area contributed by atoms with Crippen LogP contribution in [0, 0.1) is 17.1 Å². The number of ether oxygens (including phenoxy) is 1. The number of aromatic nitrogens is 1. The highest BCUT2D eigenvalue weighted by atomic mass is 32.2. The molecular weight excluding hydrogens is 465 g/mol. The maximum Gasteiger partial charge on any atom is 0.175 e. The van der Waals surface area contributed by atoms with Gasteiger partial charge in [0.15, 0.2) is 9.84 Å². The van der Waals surface area contributed by atoms with Crippen LogP contribution in [0.2, 0.25) is 0 Å². The third kappa shape index (κ3) is 5.48. The summed E-state index contributed by atoms with van der Waals surface area (Å²) in [6, 6.07) is 23.7. The third-order valence-corrected chi connectivity index (χ3v) is 6.58. The SMILES string of the molecule is COc1cccc(CNc2nc(-c3ccc(F)cc3)c(-c3ccc(S(C)(=O)=O)cc3)cc2C#N)c1. The van der Waals surface area contributed by atoms with Crippen LogP contribution in [0.25, 0.3) is 22.4 Å². The fourth-order valence-electron chi connectivity index (χ4n) is 3.63. The van der Waals surface area contributed by atoms with Gasteiger partial charge < -0.3 is 10.1 Å². The van der Waals surface area contributed by atoms with Crippen LogP contribution in [0.15, 0.2) is 83.8 Å². The molecule has 0 bridgehead atoms. The summed E-state index contributed by atoms with van der Waals surface area (Å²) >= 11 is 0. The number of hydrogen-bond acceptors (Lipinski definition) is 6. The van der Waals surface area contributed by atoms with Crippen molar-refractivity contribution in [3.63, 3.8) is 0 Å². The van der Waals surface area contributed by atoms with Crippen molar-refractivity contribution in [2.24, 2.45) is 0 Å². The second-order valence-electron chi connectivity index (χ2n) is 7.90. The Labute approximate surface area is 203 Å². The predicted molar refractivity (Wildman–Crippen MR) is 133 cm³/mol. The van der Waals surface area contributed by atoms with E-state index in [1.54, 1.807) is 37.4 Å². The predicted octanol–water partition coefficient (Wildman–Crippen LogP) is 5.45. The Morgan fingerprint density at radius 3 is 2.31 bits per heavy atom. The highest BCUT2D eigenvalue weighted by Crippen LogP contribution is 2.34. The summed E-state index contributed by atoms with van der Waals surface area (Å²) in [6.45, 7) is 0.407. The lowest BCUT2D eigenvalue weighted by molar-refractivity contribution is 0.414. The van der Waals surface area contributed by atoms with Gasteiger partial charge in [-0.05, 0) is 65.7 Å². The zero-order valence-corrected chi connectivity index (χ0v) is 19.9. The number of pyridine rings is 1. The summed E-state index contributed by atoms with van der Waals surface area (Å²) in [5.41, 5.74) is 3.76. The lowest BCUT2D eigenvalue weighted by atomic mass is 9.97. The maximum atomic E-state index is 13.6. The molecule has 0 aliphatic carbocycles. The van der Waals surface area contributed by atoms with E-state index in [1.165, 1.54) is 24.3 Å². The Morgan fingerprint density at radius 1 is 1.00 bits per heavy atom. The molecule has 0 amide bonds. The Morgan fingerprint density at radius 2 is 1.69 bits per heavy atom. The van der Waals surface area contributed by atoms with E-state index in [2.05, 4.69) is 11.4 Å². The molecule has 35 heavy (non-hydrogen) atoms. The van der Waals surface area contributed by atoms with E-state index in [0.717, 1.165) is 17.6 Å². The van der Waals surface area contributed by atoms with E-state index < -0.39 is 9.84 Å². The molecule has 4 aromatic rings. The van der Waals surface area contributed by atoms with Crippen LogP contribution in [0.5, 0.6) is 5.75 Å². The molecule has 0 spiro atoms. The van der Waals surface area contributed by atoms with Crippen molar-refractivity contribution in [3.05, 3.63) is 95.8 Å². The molecule has 3 aromatic carbocycles. The van der Waals surface area contributed by atoms with Gasteiger partial charge in [0.2, 0.25) is 0 Å². The summed E-state index contributed by atoms with van der Waals surface area (Å²) in [4.78, 5) is 4.93. The number of rotatable bonds is 7. The van der Waals surface area contributed by atoms with E-state index in [4.69, 9.17) is 9.72 Å². The summed E-state index contributed by atoms with van der Waals surface area (Å²) in [5.74, 6) is 0.724. The number of methoxy groups -OCH3 is 1. The highest BCUT2D eigenvalue weighted by molar-refractivity contribution is 7.90. The minimum atomic E-state index is -3.36. The largest absolute Gasteiger partial charge is 0.497 e. The van der Waals surface area contributed by atoms with E-state index in [1.807, 2.05) is 24.3 Å². The summed E-state index contributed by atoms with van der Waals surface area (Å²) in [7, 11) is -1.76. The highest BCUT2D eigenvalue weighted by Gasteiger charge is 2.16. The zero-order chi connectivity index (χ0) is 25.0. The molecule has 1 N–H and O–H groups in total. The number of sulfone groups is 1. The van der Waals surface area contributed by atoms with Gasteiger partial charge in [-0.3, -0.25) is 0 Å². The molecule has 0 aliphatic heterocycles. The van der Waals surface area contributed by atoms with Gasteiger partial charge in [0.1, 0.15) is 23.5 Å². The van der Waals surface area contributed by atoms with Crippen LogP contribution in [0.1, 0.15) is 11.1 Å². The topological polar surface area (TPSA) is 92.1 Å². The first-order valence-electron chi connectivity index (χ1n) is 10.7. The number of anilines is 1. The van der Waals surface area contributed by atoms with Gasteiger partial charge in [-0.15, -0.1) is 0 Å². The van der Waals surface area contributed by atoms with Crippen molar-refractivity contribution in [1.29, 1.82) is 5.26 Å². The summed E-state index contributed by atoms with van der Waals surface area (Å²) in [5, 5.41) is 13.1. The van der Waals surface area contributed by atoms with Crippen LogP contribution in [0.3, 0.4) is 0 Å². The molecule has 0 atom stereocenters. The molecule has 6 nitrogen and oxygen atoms in total. The van der Waals surface area contributed by atoms with Gasteiger partial charge in [0.25, 0.3) is 0 Å². The molecular formula is C27H22FN3O3S. The number of benzene rings is 3. The minimum Gasteiger partial charge on any atom is -0.497 e. The molecule has 0 saturated carbocycles. The Hall–Kier alpha value is -4.22. The molecule has 1 aromatic heterocycles. The van der Waals surface area contributed by atoms with E-state index in [0.29, 0.717) is 40.3 Å². The van der Waals surface area contributed by atoms with Crippen molar-refractivity contribution in [2.45, 2.75) is 11.4 Å². The fraction of sp³-hybridized carbons (Fsp3) is 0.111. The summed E-state index contributed by atoms with van der Waals surface area (Å²) < 4.78 is 42.6. The minimum absolute atomic E-state index is 0.189. The van der Waals surface area contributed by atoms with Gasteiger partial charge in [-0.2, -0.15) is 5.26 Å². The van der Waals surface area contributed by atoms with Gasteiger partial charge in [-0.1, -0.05) is 24.3 Å². The zero-order valence-electron chi connectivity index (χ0n) is 19.1. The Bertz CT molecular complexity index is 1510. The third-order valence-electron chi connectivity index (χ3n) is 5.45. The average Bonchev–Trinajstić information content (AvgIpc) is 2.87. The van der Waals surface area contributed by atoms with Crippen LogP contribution in [0.4, 0.5) is 10.2 Å². The van der Waals surface area contributed by atoms with Gasteiger partial charge in [-0.25, -0.2) is 17.8 Å². The van der Waals surface area contributed by atoms with Crippen molar-refractivity contribution in [2.75, 3.05) is 18.7 Å². The lowest BCUT2D eigenvalue weighted by Crippen LogP contribution is -2.06. The maximum absolute atomic E-state index is 13.6. The smallest absolute Gasteiger partial charge is 0.175 e. The number of nitrogens with one attached hydrogen (secondary N) is 1. The van der Waals surface area contributed by atoms with Crippen LogP contribution < -0.4 is 10.1 Å². The Balaban J connectivity index is 1.80. The first-order chi connectivity index (χ1) is 16.8. The molecule has 0 unspecified atom stereocenters. The van der Waals surface area contributed by atoms with Gasteiger partial charge >= 0.3 is 0 Å². The standard InChI is InChI=1S/C27H22FN3O3S/c1-34-23-5-3-4-18(14-23)17-30-27-21(16-29)15-25(19-8-12-24(13-9-19)35(2,32)33)26(31-27)20-6-10-22(28)11-7-20/h3-15H,17H2,1-2H3,(H,30,31). The van der Waals surface area contributed by atoms with Crippen LogP contribution in [-0.4, -0.2) is 26.8 Å². The molecule has 4 rings (SSSR count). The molecule has 0 fully saturated rings. The average molecular weight is 488 g/mol. The van der Waals surface area contributed by atoms with Gasteiger partial charge in [0.05, 0.1) is 23.3 Å². The fourth-order valence-corrected chi connectivity index (χ4v) is 4.26. The number of nitriles is 1. The van der Waals surface area contributed by atoms with E-state index >= 15 is 0 Å². The summed E-state index contributed by atoms with van der Waals surface area (Å²) in [6.07, 6.45) is 1.14. The van der Waals surface area contributed by atoms with Crippen molar-refractivity contribution < 1.29 is 17.5 Å². The normalized spacial score (nSPS) is 11.0. The first kappa shape index (κ1) is 23.9. The number of hydrogen-bond donors (Lipinski definition) is 1. The second-order valence-corrected chi connectivity index (χ2v) is 9.92. The number of nitrogens with zero attached hydrogens (tertiary/aromatic N) is 2. The monoisotopic (exact) mass is 487 g/mol. The number of halogens is 1. The molecule has 1 heterocycles. The quantitative estimate of drug-likeness (QED) is 0.373. The van der Waals surface area contributed by atoms with E-state index in [-0.39, 0.29) is 10.7 Å². The van der Waals surface area contributed by atoms with Gasteiger partial charge in [0, 0.05) is 23.9 Å². The van der Waals surface area contributed by atoms with Crippen molar-refractivity contribution in [1.82, 2.24) is 4.98 Å². The lowest BCUT2D eigenvalue weighted by Gasteiger charge is -2.15. The van der Waals surface area contributed by atoms with Crippen LogP contribution >= 0.6 is 0 Å². The second kappa shape index (κ2) is 9.95. The molecule has 8 heteroatoms. The van der Waals surface area contributed by atoms with Crippen molar-refractivity contribution >= 4 is 15.7 Å². The molecule has 0 aliphatic rings.